The monoisotopic (exact) mass is 275 g/mol. The smallest absolute Gasteiger partial charge is 0.139 e. The Labute approximate surface area is 117 Å². The van der Waals surface area contributed by atoms with Crippen molar-refractivity contribution in [1.82, 2.24) is 9.78 Å². The second-order valence-corrected chi connectivity index (χ2v) is 4.80. The Bertz CT molecular complexity index is 613. The predicted molar refractivity (Wildman–Crippen MR) is 73.1 cm³/mol. The van der Waals surface area contributed by atoms with Crippen molar-refractivity contribution < 1.29 is 4.74 Å². The van der Waals surface area contributed by atoms with E-state index in [4.69, 9.17) is 21.6 Å². The summed E-state index contributed by atoms with van der Waals surface area (Å²) in [6, 6.07) is 9.40. The van der Waals surface area contributed by atoms with Crippen LogP contribution in [0.4, 0.5) is 0 Å². The summed E-state index contributed by atoms with van der Waals surface area (Å²) in [6.07, 6.45) is 1.91. The molecule has 0 saturated carbocycles. The van der Waals surface area contributed by atoms with E-state index in [1.165, 1.54) is 0 Å². The second-order valence-electron chi connectivity index (χ2n) is 4.39. The lowest BCUT2D eigenvalue weighted by molar-refractivity contribution is 0.298. The minimum Gasteiger partial charge on any atom is -0.486 e. The Morgan fingerprint density at radius 2 is 2.21 bits per heavy atom. The van der Waals surface area contributed by atoms with Crippen molar-refractivity contribution in [3.05, 3.63) is 46.7 Å². The van der Waals surface area contributed by atoms with Gasteiger partial charge in [0.25, 0.3) is 0 Å². The lowest BCUT2D eigenvalue weighted by Crippen LogP contribution is -2.03. The largest absolute Gasteiger partial charge is 0.486 e. The van der Waals surface area contributed by atoms with Gasteiger partial charge in [-0.3, -0.25) is 4.68 Å². The van der Waals surface area contributed by atoms with Gasteiger partial charge >= 0.3 is 0 Å². The predicted octanol–water partition coefficient (Wildman–Crippen LogP) is 3.57. The molecule has 2 rings (SSSR count). The van der Waals surface area contributed by atoms with Crippen molar-refractivity contribution in [3.63, 3.8) is 0 Å². The molecule has 0 aliphatic rings. The molecule has 1 aromatic carbocycles. The molecule has 1 aromatic heterocycles. The fourth-order valence-corrected chi connectivity index (χ4v) is 1.83. The summed E-state index contributed by atoms with van der Waals surface area (Å²) in [5.74, 6) is 0.481. The summed E-state index contributed by atoms with van der Waals surface area (Å²) >= 11 is 5.93. The van der Waals surface area contributed by atoms with Gasteiger partial charge in [-0.05, 0) is 32.0 Å². The fraction of sp³-hybridized carbons (Fsp3) is 0.286. The first-order chi connectivity index (χ1) is 9.11. The van der Waals surface area contributed by atoms with Gasteiger partial charge in [0, 0.05) is 12.2 Å². The van der Waals surface area contributed by atoms with Crippen molar-refractivity contribution in [2.24, 2.45) is 0 Å². The molecular weight excluding hydrogens is 262 g/mol. The van der Waals surface area contributed by atoms with E-state index in [2.05, 4.69) is 18.9 Å². The number of halogens is 1. The van der Waals surface area contributed by atoms with Crippen LogP contribution in [0.1, 0.15) is 31.1 Å². The van der Waals surface area contributed by atoms with Crippen LogP contribution in [0, 0.1) is 11.3 Å². The maximum absolute atomic E-state index is 9.04. The highest BCUT2D eigenvalue weighted by Crippen LogP contribution is 2.25. The van der Waals surface area contributed by atoms with Crippen LogP contribution in [0.2, 0.25) is 5.02 Å². The number of ether oxygens (including phenoxy) is 1. The third kappa shape index (κ3) is 3.07. The zero-order valence-corrected chi connectivity index (χ0v) is 11.6. The van der Waals surface area contributed by atoms with Crippen LogP contribution < -0.4 is 4.74 Å². The summed E-state index contributed by atoms with van der Waals surface area (Å²) in [5.41, 5.74) is 1.17. The number of rotatable bonds is 4. The molecule has 0 unspecified atom stereocenters. The minimum atomic E-state index is 0.314. The van der Waals surface area contributed by atoms with Crippen molar-refractivity contribution in [1.29, 1.82) is 5.26 Å². The van der Waals surface area contributed by atoms with E-state index < -0.39 is 0 Å². The molecule has 0 fully saturated rings. The van der Waals surface area contributed by atoms with Crippen molar-refractivity contribution in [2.75, 3.05) is 0 Å². The van der Waals surface area contributed by atoms with Gasteiger partial charge in [-0.25, -0.2) is 0 Å². The normalized spacial score (nSPS) is 10.5. The third-order valence-corrected chi connectivity index (χ3v) is 2.97. The summed E-state index contributed by atoms with van der Waals surface area (Å²) < 4.78 is 7.47. The van der Waals surface area contributed by atoms with Crippen LogP contribution in [-0.4, -0.2) is 9.78 Å². The van der Waals surface area contributed by atoms with E-state index in [-0.39, 0.29) is 0 Å². The van der Waals surface area contributed by atoms with Crippen LogP contribution in [-0.2, 0) is 6.61 Å². The molecule has 0 atom stereocenters. The molecule has 0 saturated heterocycles. The molecule has 0 N–H and O–H groups in total. The zero-order chi connectivity index (χ0) is 13.8. The molecule has 0 amide bonds. The molecule has 0 aliphatic heterocycles. The number of hydrogen-bond acceptors (Lipinski definition) is 3. The first kappa shape index (κ1) is 13.4. The Morgan fingerprint density at radius 1 is 1.42 bits per heavy atom. The van der Waals surface area contributed by atoms with Gasteiger partial charge in [0.1, 0.15) is 24.0 Å². The van der Waals surface area contributed by atoms with E-state index in [9.17, 15) is 0 Å². The van der Waals surface area contributed by atoms with Gasteiger partial charge < -0.3 is 4.74 Å². The lowest BCUT2D eigenvalue weighted by atomic mass is 10.2. The summed E-state index contributed by atoms with van der Waals surface area (Å²) in [4.78, 5) is 0. The van der Waals surface area contributed by atoms with Crippen LogP contribution >= 0.6 is 11.6 Å². The lowest BCUT2D eigenvalue weighted by Gasteiger charge is -2.07. The number of nitrogens with zero attached hydrogens (tertiary/aromatic N) is 3. The maximum atomic E-state index is 9.04. The molecule has 0 bridgehead atoms. The molecule has 0 radical (unpaired) electrons. The van der Waals surface area contributed by atoms with E-state index in [0.717, 1.165) is 5.69 Å². The van der Waals surface area contributed by atoms with Crippen molar-refractivity contribution in [2.45, 2.75) is 26.5 Å². The van der Waals surface area contributed by atoms with Crippen LogP contribution in [0.5, 0.6) is 5.75 Å². The summed E-state index contributed by atoms with van der Waals surface area (Å²) in [7, 11) is 0. The molecule has 1 heterocycles. The second kappa shape index (κ2) is 5.77. The quantitative estimate of drug-likeness (QED) is 0.857. The fourth-order valence-electron chi connectivity index (χ4n) is 1.63. The highest BCUT2D eigenvalue weighted by Gasteiger charge is 2.09. The Morgan fingerprint density at radius 3 is 2.84 bits per heavy atom. The first-order valence-corrected chi connectivity index (χ1v) is 6.35. The molecule has 5 heteroatoms. The Kier molecular flexibility index (Phi) is 4.08. The molecule has 0 aliphatic carbocycles. The van der Waals surface area contributed by atoms with Crippen molar-refractivity contribution >= 4 is 11.6 Å². The minimum absolute atomic E-state index is 0.314. The topological polar surface area (TPSA) is 50.8 Å². The highest BCUT2D eigenvalue weighted by atomic mass is 35.5. The third-order valence-electron chi connectivity index (χ3n) is 2.66. The van der Waals surface area contributed by atoms with Gasteiger partial charge in [0.05, 0.1) is 10.7 Å². The van der Waals surface area contributed by atoms with E-state index in [1.807, 2.05) is 23.0 Å². The van der Waals surface area contributed by atoms with E-state index in [0.29, 0.717) is 29.0 Å². The van der Waals surface area contributed by atoms with Crippen LogP contribution in [0.25, 0.3) is 0 Å². The number of benzene rings is 1. The van der Waals surface area contributed by atoms with E-state index >= 15 is 0 Å². The standard InChI is InChI=1S/C14H14ClN3O/c1-10(2)18-7-6-11(17-18)9-19-14-5-3-4-13(15)12(14)8-16/h3-7,10H,9H2,1-2H3. The molecule has 0 spiro atoms. The molecular formula is C14H14ClN3O. The molecule has 4 nitrogen and oxygen atoms in total. The summed E-state index contributed by atoms with van der Waals surface area (Å²) in [6.45, 7) is 4.43. The maximum Gasteiger partial charge on any atom is 0.139 e. The van der Waals surface area contributed by atoms with Gasteiger partial charge in [-0.2, -0.15) is 10.4 Å². The van der Waals surface area contributed by atoms with Crippen LogP contribution in [0.3, 0.4) is 0 Å². The Balaban J connectivity index is 2.10. The van der Waals surface area contributed by atoms with Gasteiger partial charge in [0.2, 0.25) is 0 Å². The van der Waals surface area contributed by atoms with Gasteiger partial charge in [-0.15, -0.1) is 0 Å². The summed E-state index contributed by atoms with van der Waals surface area (Å²) in [5, 5.41) is 13.8. The highest BCUT2D eigenvalue weighted by molar-refractivity contribution is 6.31. The average molecular weight is 276 g/mol. The van der Waals surface area contributed by atoms with Crippen LogP contribution in [0.15, 0.2) is 30.5 Å². The van der Waals surface area contributed by atoms with E-state index in [1.54, 1.807) is 18.2 Å². The SMILES string of the molecule is CC(C)n1ccc(COc2cccc(Cl)c2C#N)n1. The zero-order valence-electron chi connectivity index (χ0n) is 10.8. The first-order valence-electron chi connectivity index (χ1n) is 5.97. The average Bonchev–Trinajstić information content (AvgIpc) is 2.85. The number of aromatic nitrogens is 2. The molecule has 98 valence electrons. The molecule has 2 aromatic rings. The number of hydrogen-bond donors (Lipinski definition) is 0. The molecule has 19 heavy (non-hydrogen) atoms. The number of nitriles is 1. The van der Waals surface area contributed by atoms with Gasteiger partial charge in [-0.1, -0.05) is 17.7 Å². The van der Waals surface area contributed by atoms with Gasteiger partial charge in [0.15, 0.2) is 0 Å². The van der Waals surface area contributed by atoms with Crippen molar-refractivity contribution in [3.8, 4) is 11.8 Å². The Hall–Kier alpha value is -1.99.